The molecule has 0 unspecified atom stereocenters. The SMILES string of the molecule is COC(=O)Cc1csc(NC(=O)c2cc(C(C)=O)c[nH]2)n1. The third-order valence-corrected chi connectivity index (χ3v) is 3.47. The van der Waals surface area contributed by atoms with Gasteiger partial charge in [-0.25, -0.2) is 4.98 Å². The molecule has 0 aliphatic carbocycles. The lowest BCUT2D eigenvalue weighted by atomic mass is 10.2. The molecule has 0 aliphatic rings. The molecule has 0 atom stereocenters. The molecule has 8 heteroatoms. The molecule has 7 nitrogen and oxygen atoms in total. The maximum absolute atomic E-state index is 12.0. The van der Waals surface area contributed by atoms with Crippen LogP contribution in [-0.4, -0.2) is 34.7 Å². The van der Waals surface area contributed by atoms with Crippen LogP contribution in [0.1, 0.15) is 33.5 Å². The highest BCUT2D eigenvalue weighted by Gasteiger charge is 2.13. The van der Waals surface area contributed by atoms with Crippen LogP contribution < -0.4 is 5.32 Å². The van der Waals surface area contributed by atoms with Gasteiger partial charge in [0.2, 0.25) is 0 Å². The summed E-state index contributed by atoms with van der Waals surface area (Å²) in [7, 11) is 1.30. The minimum absolute atomic E-state index is 0.0554. The maximum atomic E-state index is 12.0. The second-order valence-corrected chi connectivity index (χ2v) is 5.07. The average molecular weight is 307 g/mol. The maximum Gasteiger partial charge on any atom is 0.311 e. The van der Waals surface area contributed by atoms with Crippen LogP contribution in [0.2, 0.25) is 0 Å². The van der Waals surface area contributed by atoms with Gasteiger partial charge in [0.05, 0.1) is 19.2 Å². The van der Waals surface area contributed by atoms with Gasteiger partial charge in [0.25, 0.3) is 5.91 Å². The zero-order valence-electron chi connectivity index (χ0n) is 11.4. The van der Waals surface area contributed by atoms with Crippen molar-refractivity contribution >= 4 is 34.1 Å². The fourth-order valence-electron chi connectivity index (χ4n) is 1.56. The van der Waals surface area contributed by atoms with Crippen molar-refractivity contribution in [1.29, 1.82) is 0 Å². The predicted molar refractivity (Wildman–Crippen MR) is 76.6 cm³/mol. The largest absolute Gasteiger partial charge is 0.469 e. The molecule has 0 radical (unpaired) electrons. The molecule has 2 heterocycles. The molecule has 2 aromatic rings. The molecule has 2 N–H and O–H groups in total. The number of anilines is 1. The van der Waals surface area contributed by atoms with Crippen molar-refractivity contribution in [2.75, 3.05) is 12.4 Å². The molecule has 0 saturated heterocycles. The molecule has 1 amide bonds. The highest BCUT2D eigenvalue weighted by Crippen LogP contribution is 2.17. The lowest BCUT2D eigenvalue weighted by molar-refractivity contribution is -0.139. The number of hydrogen-bond acceptors (Lipinski definition) is 6. The molecule has 0 aliphatic heterocycles. The highest BCUT2D eigenvalue weighted by atomic mass is 32.1. The number of methoxy groups -OCH3 is 1. The third kappa shape index (κ3) is 3.76. The number of nitrogens with one attached hydrogen (secondary N) is 2. The summed E-state index contributed by atoms with van der Waals surface area (Å²) in [5.74, 6) is -0.921. The summed E-state index contributed by atoms with van der Waals surface area (Å²) >= 11 is 1.21. The summed E-state index contributed by atoms with van der Waals surface area (Å²) < 4.78 is 4.54. The van der Waals surface area contributed by atoms with E-state index in [4.69, 9.17) is 0 Å². The number of Topliss-reactive ketones (excluding diaryl/α,β-unsaturated/α-hetero) is 1. The summed E-state index contributed by atoms with van der Waals surface area (Å²) in [6, 6.07) is 1.47. The number of hydrogen-bond donors (Lipinski definition) is 2. The number of nitrogens with zero attached hydrogens (tertiary/aromatic N) is 1. The second kappa shape index (κ2) is 6.31. The van der Waals surface area contributed by atoms with Crippen LogP contribution in [0.25, 0.3) is 0 Å². The number of aromatic amines is 1. The minimum Gasteiger partial charge on any atom is -0.469 e. The van der Waals surface area contributed by atoms with Gasteiger partial charge in [0.1, 0.15) is 5.69 Å². The Bertz CT molecular complexity index is 689. The average Bonchev–Trinajstić information content (AvgIpc) is 3.07. The Kier molecular flexibility index (Phi) is 4.49. The van der Waals surface area contributed by atoms with E-state index in [0.717, 1.165) is 0 Å². The Hall–Kier alpha value is -2.48. The van der Waals surface area contributed by atoms with Gasteiger partial charge in [-0.15, -0.1) is 11.3 Å². The van der Waals surface area contributed by atoms with E-state index in [1.807, 2.05) is 0 Å². The molecule has 0 saturated carbocycles. The van der Waals surface area contributed by atoms with E-state index in [2.05, 4.69) is 20.0 Å². The van der Waals surface area contributed by atoms with Gasteiger partial charge in [-0.05, 0) is 13.0 Å². The number of aromatic nitrogens is 2. The van der Waals surface area contributed by atoms with E-state index in [9.17, 15) is 14.4 Å². The zero-order valence-corrected chi connectivity index (χ0v) is 12.2. The zero-order chi connectivity index (χ0) is 15.4. The van der Waals surface area contributed by atoms with Crippen molar-refractivity contribution in [2.45, 2.75) is 13.3 Å². The Morgan fingerprint density at radius 1 is 1.43 bits per heavy atom. The number of rotatable bonds is 5. The second-order valence-electron chi connectivity index (χ2n) is 4.21. The van der Waals surface area contributed by atoms with E-state index < -0.39 is 11.9 Å². The van der Waals surface area contributed by atoms with Crippen molar-refractivity contribution in [2.24, 2.45) is 0 Å². The van der Waals surface area contributed by atoms with Crippen LogP contribution in [0.5, 0.6) is 0 Å². The lowest BCUT2D eigenvalue weighted by Crippen LogP contribution is -2.12. The van der Waals surface area contributed by atoms with Crippen molar-refractivity contribution in [3.05, 3.63) is 34.6 Å². The number of esters is 1. The van der Waals surface area contributed by atoms with E-state index >= 15 is 0 Å². The van der Waals surface area contributed by atoms with Crippen LogP contribution in [0, 0.1) is 0 Å². The van der Waals surface area contributed by atoms with Crippen molar-refractivity contribution in [3.63, 3.8) is 0 Å². The molecule has 0 aromatic carbocycles. The summed E-state index contributed by atoms with van der Waals surface area (Å²) in [6.45, 7) is 1.42. The molecule has 0 bridgehead atoms. The number of ketones is 1. The minimum atomic E-state index is -0.401. The lowest BCUT2D eigenvalue weighted by Gasteiger charge is -1.98. The van der Waals surface area contributed by atoms with Gasteiger partial charge < -0.3 is 9.72 Å². The van der Waals surface area contributed by atoms with Gasteiger partial charge in [0, 0.05) is 17.1 Å². The number of carbonyl (C=O) groups excluding carboxylic acids is 3. The third-order valence-electron chi connectivity index (χ3n) is 2.66. The van der Waals surface area contributed by atoms with Crippen molar-refractivity contribution in [3.8, 4) is 0 Å². The monoisotopic (exact) mass is 307 g/mol. The molecular weight excluding hydrogens is 294 g/mol. The quantitative estimate of drug-likeness (QED) is 0.646. The first-order valence-electron chi connectivity index (χ1n) is 6.01. The standard InChI is InChI=1S/C13H13N3O4S/c1-7(17)8-3-10(14-5-8)12(19)16-13-15-9(6-21-13)4-11(18)20-2/h3,5-6,14H,4H2,1-2H3,(H,15,16,19). The van der Waals surface area contributed by atoms with E-state index in [1.165, 1.54) is 37.6 Å². The Morgan fingerprint density at radius 2 is 2.19 bits per heavy atom. The normalized spacial score (nSPS) is 10.2. The molecule has 110 valence electrons. The molecule has 0 fully saturated rings. The number of H-pyrrole nitrogens is 1. The number of carbonyl (C=O) groups is 3. The molecule has 0 spiro atoms. The number of ether oxygens (including phenoxy) is 1. The number of thiazole rings is 1. The first-order chi connectivity index (χ1) is 9.99. The topological polar surface area (TPSA) is 101 Å². The molecule has 21 heavy (non-hydrogen) atoms. The summed E-state index contributed by atoms with van der Waals surface area (Å²) in [6.07, 6.45) is 1.53. The van der Waals surface area contributed by atoms with Gasteiger partial charge in [-0.1, -0.05) is 0 Å². The van der Waals surface area contributed by atoms with E-state index in [-0.39, 0.29) is 17.9 Å². The van der Waals surface area contributed by atoms with Crippen molar-refractivity contribution < 1.29 is 19.1 Å². The van der Waals surface area contributed by atoms with E-state index in [0.29, 0.717) is 16.4 Å². The van der Waals surface area contributed by atoms with Gasteiger partial charge in [-0.3, -0.25) is 19.7 Å². The fourth-order valence-corrected chi connectivity index (χ4v) is 2.26. The Labute approximate surface area is 124 Å². The Morgan fingerprint density at radius 3 is 2.81 bits per heavy atom. The molecule has 2 rings (SSSR count). The van der Waals surface area contributed by atoms with Crippen LogP contribution in [-0.2, 0) is 16.0 Å². The van der Waals surface area contributed by atoms with E-state index in [1.54, 1.807) is 5.38 Å². The fraction of sp³-hybridized carbons (Fsp3) is 0.231. The number of amides is 1. The van der Waals surface area contributed by atoms with Crippen LogP contribution >= 0.6 is 11.3 Å². The van der Waals surface area contributed by atoms with Gasteiger partial charge >= 0.3 is 5.97 Å². The highest BCUT2D eigenvalue weighted by molar-refractivity contribution is 7.14. The molecule has 2 aromatic heterocycles. The van der Waals surface area contributed by atoms with Gasteiger partial charge in [0.15, 0.2) is 10.9 Å². The first kappa shape index (κ1) is 14.9. The van der Waals surface area contributed by atoms with Gasteiger partial charge in [-0.2, -0.15) is 0 Å². The predicted octanol–water partition coefficient (Wildman–Crippen LogP) is 1.64. The first-order valence-corrected chi connectivity index (χ1v) is 6.89. The summed E-state index contributed by atoms with van der Waals surface area (Å²) in [5.41, 5.74) is 1.23. The molecular formula is C13H13N3O4S. The van der Waals surface area contributed by atoms with Crippen LogP contribution in [0.3, 0.4) is 0 Å². The summed E-state index contributed by atoms with van der Waals surface area (Å²) in [5, 5.41) is 4.64. The summed E-state index contributed by atoms with van der Waals surface area (Å²) in [4.78, 5) is 41.1. The van der Waals surface area contributed by atoms with Crippen molar-refractivity contribution in [1.82, 2.24) is 9.97 Å². The smallest absolute Gasteiger partial charge is 0.311 e. The Balaban J connectivity index is 2.02. The van der Waals surface area contributed by atoms with Crippen LogP contribution in [0.4, 0.5) is 5.13 Å². The van der Waals surface area contributed by atoms with Crippen LogP contribution in [0.15, 0.2) is 17.6 Å².